The molecule has 1 N–H and O–H groups in total. The third-order valence-electron chi connectivity index (χ3n) is 7.99. The maximum absolute atomic E-state index is 13.0. The van der Waals surface area contributed by atoms with Crippen molar-refractivity contribution in [3.05, 3.63) is 29.8 Å². The number of hydrogen-bond donors (Lipinski definition) is 1. The standard InChI is InChI=1S/C23H29N3O3S/c24-14-18-3-1-2-4-21(18)30(28,29)26-7-5-17(6-8-26)23(27)25-22-19-10-15-9-16(12-19)13-20(22)11-15/h1-4,15-17,19-20,22H,5-13H2,(H,25,27). The van der Waals surface area contributed by atoms with Crippen LogP contribution in [0, 0.1) is 40.9 Å². The predicted octanol–water partition coefficient (Wildman–Crippen LogP) is 2.90. The molecule has 1 aromatic rings. The van der Waals surface area contributed by atoms with Crippen molar-refractivity contribution in [2.75, 3.05) is 13.1 Å². The van der Waals surface area contributed by atoms with Gasteiger partial charge in [-0.25, -0.2) is 8.42 Å². The molecular formula is C23H29N3O3S. The second-order valence-corrected chi connectivity index (χ2v) is 11.7. The first kappa shape index (κ1) is 20.0. The third-order valence-corrected chi connectivity index (χ3v) is 9.94. The summed E-state index contributed by atoms with van der Waals surface area (Å²) in [5.74, 6) is 3.04. The Morgan fingerprint density at radius 1 is 1.00 bits per heavy atom. The molecule has 5 aliphatic rings. The van der Waals surface area contributed by atoms with Gasteiger partial charge in [0, 0.05) is 25.0 Å². The Labute approximate surface area is 178 Å². The van der Waals surface area contributed by atoms with E-state index >= 15 is 0 Å². The van der Waals surface area contributed by atoms with E-state index in [4.69, 9.17) is 0 Å². The van der Waals surface area contributed by atoms with Gasteiger partial charge in [0.25, 0.3) is 0 Å². The molecule has 6 rings (SSSR count). The summed E-state index contributed by atoms with van der Waals surface area (Å²) in [6.45, 7) is 0.643. The minimum atomic E-state index is -3.72. The molecule has 160 valence electrons. The molecule has 0 unspecified atom stereocenters. The number of benzene rings is 1. The van der Waals surface area contributed by atoms with E-state index < -0.39 is 10.0 Å². The lowest BCUT2D eigenvalue weighted by molar-refractivity contribution is -0.130. The lowest BCUT2D eigenvalue weighted by atomic mass is 9.54. The van der Waals surface area contributed by atoms with E-state index in [0.717, 1.165) is 11.8 Å². The van der Waals surface area contributed by atoms with Crippen LogP contribution in [0.25, 0.3) is 0 Å². The molecule has 4 saturated carbocycles. The Kier molecular flexibility index (Phi) is 5.11. The van der Waals surface area contributed by atoms with Crippen molar-refractivity contribution in [3.63, 3.8) is 0 Å². The number of sulfonamides is 1. The molecule has 7 heteroatoms. The molecule has 1 amide bonds. The number of amides is 1. The van der Waals surface area contributed by atoms with Crippen LogP contribution in [0.2, 0.25) is 0 Å². The predicted molar refractivity (Wildman–Crippen MR) is 112 cm³/mol. The van der Waals surface area contributed by atoms with E-state index in [1.54, 1.807) is 12.1 Å². The number of carbonyl (C=O) groups is 1. The van der Waals surface area contributed by atoms with Crippen molar-refractivity contribution >= 4 is 15.9 Å². The number of carbonyl (C=O) groups excluding carboxylic acids is 1. The van der Waals surface area contributed by atoms with Gasteiger partial charge in [0.05, 0.1) is 10.5 Å². The highest BCUT2D eigenvalue weighted by Gasteiger charge is 2.49. The summed E-state index contributed by atoms with van der Waals surface area (Å²) in [5, 5.41) is 12.6. The zero-order chi connectivity index (χ0) is 20.9. The van der Waals surface area contributed by atoms with Gasteiger partial charge in [0.15, 0.2) is 0 Å². The van der Waals surface area contributed by atoms with Crippen LogP contribution < -0.4 is 5.32 Å². The number of piperidine rings is 1. The van der Waals surface area contributed by atoms with Crippen LogP contribution in [0.4, 0.5) is 0 Å². The molecule has 1 saturated heterocycles. The Hall–Kier alpha value is -1.91. The number of nitrogens with zero attached hydrogens (tertiary/aromatic N) is 2. The molecule has 4 aliphatic carbocycles. The van der Waals surface area contributed by atoms with Gasteiger partial charge in [-0.15, -0.1) is 0 Å². The molecule has 1 heterocycles. The summed E-state index contributed by atoms with van der Waals surface area (Å²) >= 11 is 0. The third kappa shape index (κ3) is 3.44. The highest BCUT2D eigenvalue weighted by atomic mass is 32.2. The van der Waals surface area contributed by atoms with Crippen LogP contribution in [0.5, 0.6) is 0 Å². The Morgan fingerprint density at radius 2 is 1.60 bits per heavy atom. The van der Waals surface area contributed by atoms with Gasteiger partial charge in [-0.05, 0) is 80.8 Å². The highest BCUT2D eigenvalue weighted by molar-refractivity contribution is 7.89. The maximum atomic E-state index is 13.0. The van der Waals surface area contributed by atoms with E-state index in [0.29, 0.717) is 43.8 Å². The van der Waals surface area contributed by atoms with Crippen molar-refractivity contribution < 1.29 is 13.2 Å². The summed E-state index contributed by atoms with van der Waals surface area (Å²) in [6.07, 6.45) is 7.55. The van der Waals surface area contributed by atoms with Gasteiger partial charge < -0.3 is 5.32 Å². The normalized spacial score (nSPS) is 33.9. The van der Waals surface area contributed by atoms with Crippen molar-refractivity contribution in [1.82, 2.24) is 9.62 Å². The average molecular weight is 428 g/mol. The van der Waals surface area contributed by atoms with Crippen molar-refractivity contribution in [3.8, 4) is 6.07 Å². The van der Waals surface area contributed by atoms with E-state index in [-0.39, 0.29) is 22.3 Å². The van der Waals surface area contributed by atoms with Crippen LogP contribution in [0.15, 0.2) is 29.2 Å². The Balaban J connectivity index is 1.21. The molecule has 0 spiro atoms. The fourth-order valence-corrected chi connectivity index (χ4v) is 8.34. The number of nitriles is 1. The topological polar surface area (TPSA) is 90.3 Å². The van der Waals surface area contributed by atoms with Gasteiger partial charge in [-0.1, -0.05) is 12.1 Å². The fourth-order valence-electron chi connectivity index (χ4n) is 6.72. The SMILES string of the molecule is N#Cc1ccccc1S(=O)(=O)N1CCC(C(=O)NC2C3CC4CC(C3)CC2C4)CC1. The van der Waals surface area contributed by atoms with Crippen LogP contribution in [0.1, 0.15) is 50.5 Å². The van der Waals surface area contributed by atoms with Gasteiger partial charge >= 0.3 is 0 Å². The number of rotatable bonds is 4. The van der Waals surface area contributed by atoms with Crippen molar-refractivity contribution in [2.24, 2.45) is 29.6 Å². The van der Waals surface area contributed by atoms with Crippen LogP contribution >= 0.6 is 0 Å². The smallest absolute Gasteiger partial charge is 0.244 e. The first-order valence-corrected chi connectivity index (χ1v) is 12.7. The molecule has 4 bridgehead atoms. The maximum Gasteiger partial charge on any atom is 0.244 e. The molecule has 1 aromatic carbocycles. The minimum absolute atomic E-state index is 0.0593. The number of hydrogen-bond acceptors (Lipinski definition) is 4. The van der Waals surface area contributed by atoms with Crippen molar-refractivity contribution in [1.29, 1.82) is 5.26 Å². The summed E-state index contributed by atoms with van der Waals surface area (Å²) in [6, 6.07) is 8.61. The van der Waals surface area contributed by atoms with Gasteiger partial charge in [0.2, 0.25) is 15.9 Å². The molecule has 0 radical (unpaired) electrons. The lowest BCUT2D eigenvalue weighted by Crippen LogP contribution is -2.57. The van der Waals surface area contributed by atoms with Crippen LogP contribution in [0.3, 0.4) is 0 Å². The summed E-state index contributed by atoms with van der Waals surface area (Å²) < 4.78 is 27.4. The average Bonchev–Trinajstić information content (AvgIpc) is 2.75. The quantitative estimate of drug-likeness (QED) is 0.800. The first-order chi connectivity index (χ1) is 14.5. The minimum Gasteiger partial charge on any atom is -0.353 e. The van der Waals surface area contributed by atoms with Crippen molar-refractivity contribution in [2.45, 2.75) is 55.9 Å². The molecule has 30 heavy (non-hydrogen) atoms. The summed E-state index contributed by atoms with van der Waals surface area (Å²) in [7, 11) is -3.72. The lowest BCUT2D eigenvalue weighted by Gasteiger charge is -2.54. The molecule has 5 fully saturated rings. The molecule has 0 aromatic heterocycles. The second kappa shape index (κ2) is 7.65. The van der Waals surface area contributed by atoms with Gasteiger partial charge in [0.1, 0.15) is 6.07 Å². The van der Waals surface area contributed by atoms with Gasteiger partial charge in [-0.3, -0.25) is 4.79 Å². The fraction of sp³-hybridized carbons (Fsp3) is 0.652. The van der Waals surface area contributed by atoms with Crippen LogP contribution in [-0.4, -0.2) is 37.8 Å². The molecule has 1 aliphatic heterocycles. The molecular weight excluding hydrogens is 398 g/mol. The highest BCUT2D eigenvalue weighted by Crippen LogP contribution is 2.53. The summed E-state index contributed by atoms with van der Waals surface area (Å²) in [4.78, 5) is 13.1. The first-order valence-electron chi connectivity index (χ1n) is 11.3. The summed E-state index contributed by atoms with van der Waals surface area (Å²) in [5.41, 5.74) is 0.166. The second-order valence-electron chi connectivity index (χ2n) is 9.75. The molecule has 6 nitrogen and oxygen atoms in total. The van der Waals surface area contributed by atoms with E-state index in [2.05, 4.69) is 5.32 Å². The Bertz CT molecular complexity index is 948. The largest absolute Gasteiger partial charge is 0.353 e. The Morgan fingerprint density at radius 3 is 2.20 bits per heavy atom. The zero-order valence-electron chi connectivity index (χ0n) is 17.2. The molecule has 0 atom stereocenters. The van der Waals surface area contributed by atoms with E-state index in [9.17, 15) is 18.5 Å². The van der Waals surface area contributed by atoms with Gasteiger partial charge in [-0.2, -0.15) is 9.57 Å². The number of nitrogens with one attached hydrogen (secondary N) is 1. The monoisotopic (exact) mass is 427 g/mol. The van der Waals surface area contributed by atoms with E-state index in [1.165, 1.54) is 48.5 Å². The van der Waals surface area contributed by atoms with E-state index in [1.807, 2.05) is 6.07 Å². The van der Waals surface area contributed by atoms with Crippen LogP contribution in [-0.2, 0) is 14.8 Å². The zero-order valence-corrected chi connectivity index (χ0v) is 18.0.